The summed E-state index contributed by atoms with van der Waals surface area (Å²) in [5, 5.41) is 12.1. The molecule has 1 fully saturated rings. The first-order chi connectivity index (χ1) is 11.7. The molecule has 2 aromatic rings. The minimum atomic E-state index is 0.113. The number of thiazole rings is 1. The number of anilines is 1. The molecule has 6 heteroatoms. The molecule has 1 aliphatic rings. The fraction of sp³-hybridized carbons (Fsp3) is 0.444. The molecule has 1 unspecified atom stereocenters. The zero-order valence-electron chi connectivity index (χ0n) is 13.6. The lowest BCUT2D eigenvalue weighted by molar-refractivity contribution is -0.134. The maximum atomic E-state index is 12.6. The number of nitrogens with two attached hydrogens (primary N) is 1. The van der Waals surface area contributed by atoms with Crippen molar-refractivity contribution in [3.63, 3.8) is 0 Å². The Morgan fingerprint density at radius 1 is 1.33 bits per heavy atom. The van der Waals surface area contributed by atoms with Crippen molar-refractivity contribution in [3.8, 4) is 10.6 Å². The largest absolute Gasteiger partial charge is 0.399 e. The van der Waals surface area contributed by atoms with E-state index in [0.29, 0.717) is 12.8 Å². The van der Waals surface area contributed by atoms with Crippen LogP contribution < -0.4 is 5.73 Å². The number of aliphatic hydroxyl groups is 1. The van der Waals surface area contributed by atoms with Crippen molar-refractivity contribution in [2.45, 2.75) is 38.1 Å². The summed E-state index contributed by atoms with van der Waals surface area (Å²) in [6, 6.07) is 7.78. The number of amides is 1. The van der Waals surface area contributed by atoms with Gasteiger partial charge in [-0.05, 0) is 49.9 Å². The molecule has 1 aliphatic heterocycles. The fourth-order valence-electron chi connectivity index (χ4n) is 3.18. The second-order valence-electron chi connectivity index (χ2n) is 6.19. The molecule has 1 atom stereocenters. The van der Waals surface area contributed by atoms with Crippen LogP contribution in [0.5, 0.6) is 0 Å². The van der Waals surface area contributed by atoms with Gasteiger partial charge < -0.3 is 15.7 Å². The van der Waals surface area contributed by atoms with Crippen molar-refractivity contribution >= 4 is 22.9 Å². The van der Waals surface area contributed by atoms with E-state index < -0.39 is 0 Å². The summed E-state index contributed by atoms with van der Waals surface area (Å²) >= 11 is 1.55. The van der Waals surface area contributed by atoms with Crippen LogP contribution in [0.2, 0.25) is 0 Å². The number of piperidine rings is 1. The van der Waals surface area contributed by atoms with Crippen LogP contribution in [-0.2, 0) is 11.2 Å². The first-order valence-electron chi connectivity index (χ1n) is 8.38. The third kappa shape index (κ3) is 3.94. The molecule has 3 N–H and O–H groups in total. The van der Waals surface area contributed by atoms with Crippen molar-refractivity contribution in [2.24, 2.45) is 0 Å². The average molecular weight is 345 g/mol. The van der Waals surface area contributed by atoms with Gasteiger partial charge in [0, 0.05) is 35.8 Å². The third-order valence-electron chi connectivity index (χ3n) is 4.45. The van der Waals surface area contributed by atoms with Crippen molar-refractivity contribution in [2.75, 3.05) is 18.9 Å². The molecule has 0 radical (unpaired) electrons. The molecular weight excluding hydrogens is 322 g/mol. The molecule has 1 amide bonds. The smallest absolute Gasteiger partial charge is 0.228 e. The molecule has 0 bridgehead atoms. The third-order valence-corrected chi connectivity index (χ3v) is 5.39. The van der Waals surface area contributed by atoms with Gasteiger partial charge in [-0.25, -0.2) is 4.98 Å². The SMILES string of the molecule is Nc1ccc(-c2nc(CC(=O)N3CCCCC3CCO)cs2)cc1. The molecule has 5 nitrogen and oxygen atoms in total. The zero-order valence-corrected chi connectivity index (χ0v) is 14.5. The molecule has 24 heavy (non-hydrogen) atoms. The number of aromatic nitrogens is 1. The molecule has 3 rings (SSSR count). The first-order valence-corrected chi connectivity index (χ1v) is 9.26. The number of nitrogens with zero attached hydrogens (tertiary/aromatic N) is 2. The van der Waals surface area contributed by atoms with Gasteiger partial charge in [-0.2, -0.15) is 0 Å². The van der Waals surface area contributed by atoms with Crippen LogP contribution in [0.3, 0.4) is 0 Å². The Balaban J connectivity index is 1.67. The number of carbonyl (C=O) groups is 1. The first kappa shape index (κ1) is 16.9. The monoisotopic (exact) mass is 345 g/mol. The maximum Gasteiger partial charge on any atom is 0.228 e. The van der Waals surface area contributed by atoms with Crippen LogP contribution in [0, 0.1) is 0 Å². The van der Waals surface area contributed by atoms with E-state index in [9.17, 15) is 9.90 Å². The Morgan fingerprint density at radius 2 is 2.12 bits per heavy atom. The van der Waals surface area contributed by atoms with Gasteiger partial charge in [-0.1, -0.05) is 0 Å². The number of aliphatic hydroxyl groups excluding tert-OH is 1. The molecule has 1 aromatic heterocycles. The molecule has 1 aromatic carbocycles. The minimum absolute atomic E-state index is 0.113. The van der Waals surface area contributed by atoms with E-state index in [1.54, 1.807) is 11.3 Å². The summed E-state index contributed by atoms with van der Waals surface area (Å²) in [5.74, 6) is 0.113. The summed E-state index contributed by atoms with van der Waals surface area (Å²) in [7, 11) is 0. The summed E-state index contributed by atoms with van der Waals surface area (Å²) in [4.78, 5) is 19.2. The molecule has 128 valence electrons. The average Bonchev–Trinajstić information content (AvgIpc) is 3.05. The van der Waals surface area contributed by atoms with Gasteiger partial charge in [0.05, 0.1) is 12.1 Å². The van der Waals surface area contributed by atoms with Crippen LogP contribution in [0.15, 0.2) is 29.6 Å². The lowest BCUT2D eigenvalue weighted by Crippen LogP contribution is -2.44. The second-order valence-corrected chi connectivity index (χ2v) is 7.05. The molecule has 2 heterocycles. The highest BCUT2D eigenvalue weighted by molar-refractivity contribution is 7.13. The van der Waals surface area contributed by atoms with Crippen LogP contribution >= 0.6 is 11.3 Å². The minimum Gasteiger partial charge on any atom is -0.399 e. The van der Waals surface area contributed by atoms with Gasteiger partial charge in [-0.15, -0.1) is 11.3 Å². The van der Waals surface area contributed by atoms with Gasteiger partial charge in [0.15, 0.2) is 0 Å². The van der Waals surface area contributed by atoms with Crippen LogP contribution in [0.1, 0.15) is 31.4 Å². The normalized spacial score (nSPS) is 17.9. The quantitative estimate of drug-likeness (QED) is 0.817. The van der Waals surface area contributed by atoms with Crippen molar-refractivity contribution in [1.29, 1.82) is 0 Å². The van der Waals surface area contributed by atoms with Crippen molar-refractivity contribution < 1.29 is 9.90 Å². The summed E-state index contributed by atoms with van der Waals surface area (Å²) in [6.07, 6.45) is 4.15. The molecule has 0 aliphatic carbocycles. The van der Waals surface area contributed by atoms with E-state index in [1.165, 1.54) is 0 Å². The number of rotatable bonds is 5. The van der Waals surface area contributed by atoms with Gasteiger partial charge >= 0.3 is 0 Å². The molecule has 0 saturated carbocycles. The summed E-state index contributed by atoms with van der Waals surface area (Å²) in [6.45, 7) is 0.922. The van der Waals surface area contributed by atoms with E-state index >= 15 is 0 Å². The van der Waals surface area contributed by atoms with Crippen LogP contribution in [0.4, 0.5) is 5.69 Å². The van der Waals surface area contributed by atoms with Gasteiger partial charge in [0.1, 0.15) is 5.01 Å². The van der Waals surface area contributed by atoms with Crippen LogP contribution in [0.25, 0.3) is 10.6 Å². The highest BCUT2D eigenvalue weighted by Crippen LogP contribution is 2.26. The summed E-state index contributed by atoms with van der Waals surface area (Å²) < 4.78 is 0. The predicted octanol–water partition coefficient (Wildman–Crippen LogP) is 2.70. The number of benzene rings is 1. The highest BCUT2D eigenvalue weighted by atomic mass is 32.1. The number of hydrogen-bond acceptors (Lipinski definition) is 5. The van der Waals surface area contributed by atoms with E-state index in [0.717, 1.165) is 47.8 Å². The zero-order chi connectivity index (χ0) is 16.9. The summed E-state index contributed by atoms with van der Waals surface area (Å²) in [5.41, 5.74) is 8.27. The fourth-order valence-corrected chi connectivity index (χ4v) is 4.01. The van der Waals surface area contributed by atoms with Gasteiger partial charge in [-0.3, -0.25) is 4.79 Å². The van der Waals surface area contributed by atoms with E-state index in [1.807, 2.05) is 34.5 Å². The molecule has 0 spiro atoms. The predicted molar refractivity (Wildman–Crippen MR) is 96.7 cm³/mol. The highest BCUT2D eigenvalue weighted by Gasteiger charge is 2.26. The standard InChI is InChI=1S/C18H23N3O2S/c19-14-6-4-13(5-7-14)18-20-15(12-24-18)11-17(23)21-9-2-1-3-16(21)8-10-22/h4-7,12,16,22H,1-3,8-11,19H2. The lowest BCUT2D eigenvalue weighted by Gasteiger charge is -2.35. The maximum absolute atomic E-state index is 12.6. The number of hydrogen-bond donors (Lipinski definition) is 2. The Morgan fingerprint density at radius 3 is 2.88 bits per heavy atom. The second kappa shape index (κ2) is 7.77. The van der Waals surface area contributed by atoms with Gasteiger partial charge in [0.25, 0.3) is 0 Å². The van der Waals surface area contributed by atoms with Crippen molar-refractivity contribution in [3.05, 3.63) is 35.3 Å². The Labute approximate surface area is 146 Å². The van der Waals surface area contributed by atoms with Crippen LogP contribution in [-0.4, -0.2) is 40.1 Å². The van der Waals surface area contributed by atoms with Gasteiger partial charge in [0.2, 0.25) is 5.91 Å². The Bertz CT molecular complexity index is 682. The topological polar surface area (TPSA) is 79.5 Å². The number of carbonyl (C=O) groups excluding carboxylic acids is 1. The van der Waals surface area contributed by atoms with Crippen molar-refractivity contribution in [1.82, 2.24) is 9.88 Å². The van der Waals surface area contributed by atoms with E-state index in [2.05, 4.69) is 4.98 Å². The van der Waals surface area contributed by atoms with E-state index in [-0.39, 0.29) is 18.6 Å². The number of likely N-dealkylation sites (tertiary alicyclic amines) is 1. The Hall–Kier alpha value is -1.92. The molecular formula is C18H23N3O2S. The number of nitrogen functional groups attached to an aromatic ring is 1. The molecule has 1 saturated heterocycles. The lowest BCUT2D eigenvalue weighted by atomic mass is 9.99. The Kier molecular flexibility index (Phi) is 5.48. The van der Waals surface area contributed by atoms with E-state index in [4.69, 9.17) is 5.73 Å².